The van der Waals surface area contributed by atoms with Crippen molar-refractivity contribution in [2.75, 3.05) is 44.5 Å². The molecule has 0 N–H and O–H groups in total. The molecule has 0 bridgehead atoms. The van der Waals surface area contributed by atoms with Crippen molar-refractivity contribution < 1.29 is 22.9 Å². The van der Waals surface area contributed by atoms with Crippen LogP contribution < -0.4 is 14.4 Å². The van der Waals surface area contributed by atoms with Gasteiger partial charge in [-0.1, -0.05) is 12.1 Å². The summed E-state index contributed by atoms with van der Waals surface area (Å²) in [5.74, 6) is 2.21. The first-order chi connectivity index (χ1) is 17.3. The number of hydrogen-bond acceptors (Lipinski definition) is 7. The van der Waals surface area contributed by atoms with Crippen LogP contribution in [0.2, 0.25) is 0 Å². The number of hydrogen-bond donors (Lipinski definition) is 0. The minimum absolute atomic E-state index is 0.0326. The highest BCUT2D eigenvalue weighted by Gasteiger charge is 2.28. The van der Waals surface area contributed by atoms with E-state index in [-0.39, 0.29) is 23.5 Å². The molecule has 1 fully saturated rings. The van der Waals surface area contributed by atoms with Gasteiger partial charge < -0.3 is 23.7 Å². The number of benzene rings is 2. The number of carbonyl (C=O) groups excluding carboxylic acids is 1. The molecule has 2 aromatic carbocycles. The second kappa shape index (κ2) is 11.2. The fraction of sp³-hybridized carbons (Fsp3) is 0.407. The van der Waals surface area contributed by atoms with Crippen LogP contribution in [0.4, 0.5) is 5.69 Å². The Bertz CT molecular complexity index is 1260. The van der Waals surface area contributed by atoms with Gasteiger partial charge in [-0.3, -0.25) is 9.00 Å². The molecule has 2 atom stereocenters. The summed E-state index contributed by atoms with van der Waals surface area (Å²) in [6.45, 7) is 7.96. The van der Waals surface area contributed by atoms with E-state index in [1.54, 1.807) is 33.3 Å². The molecule has 192 valence electrons. The molecule has 9 heteroatoms. The fourth-order valence-electron chi connectivity index (χ4n) is 4.46. The van der Waals surface area contributed by atoms with Crippen molar-refractivity contribution in [2.24, 2.45) is 0 Å². The maximum absolute atomic E-state index is 12.9. The molecule has 1 saturated heterocycles. The quantitative estimate of drug-likeness (QED) is 0.453. The molecule has 0 unspecified atom stereocenters. The minimum atomic E-state index is -1.40. The number of rotatable bonds is 8. The van der Waals surface area contributed by atoms with Gasteiger partial charge >= 0.3 is 0 Å². The Hall–Kier alpha value is -3.33. The van der Waals surface area contributed by atoms with E-state index in [1.807, 2.05) is 11.0 Å². The van der Waals surface area contributed by atoms with Crippen molar-refractivity contribution in [3.63, 3.8) is 0 Å². The van der Waals surface area contributed by atoms with Gasteiger partial charge in [-0.2, -0.15) is 0 Å². The van der Waals surface area contributed by atoms with Crippen LogP contribution in [-0.2, 0) is 21.3 Å². The van der Waals surface area contributed by atoms with Crippen molar-refractivity contribution in [1.82, 2.24) is 9.88 Å². The van der Waals surface area contributed by atoms with Gasteiger partial charge in [0.15, 0.2) is 11.5 Å². The lowest BCUT2D eigenvalue weighted by molar-refractivity contribution is -0.129. The summed E-state index contributed by atoms with van der Waals surface area (Å²) in [5, 5.41) is 0. The molecule has 1 aliphatic rings. The Balaban J connectivity index is 1.36. The van der Waals surface area contributed by atoms with Crippen LogP contribution in [-0.4, -0.2) is 65.6 Å². The first-order valence-electron chi connectivity index (χ1n) is 11.9. The fourth-order valence-corrected chi connectivity index (χ4v) is 5.59. The predicted molar refractivity (Wildman–Crippen MR) is 141 cm³/mol. The van der Waals surface area contributed by atoms with Crippen molar-refractivity contribution in [3.05, 3.63) is 59.5 Å². The standard InChI is InChI=1S/C27H33N3O5S/c1-18-7-6-8-22(13-18)30-12-11-29(15-19(30)2)26(31)17-36(32)16-23-20(3)35-27(28-23)21-9-10-24(33-4)25(14-21)34-5/h6-10,13-14,19H,11-12,15-17H2,1-5H3/t19-,36-/m1/s1. The highest BCUT2D eigenvalue weighted by atomic mass is 32.2. The Morgan fingerprint density at radius 1 is 1.11 bits per heavy atom. The van der Waals surface area contributed by atoms with E-state index in [0.29, 0.717) is 41.9 Å². The average molecular weight is 512 g/mol. The minimum Gasteiger partial charge on any atom is -0.493 e. The second-order valence-corrected chi connectivity index (χ2v) is 10.5. The van der Waals surface area contributed by atoms with Gasteiger partial charge in [-0.15, -0.1) is 0 Å². The van der Waals surface area contributed by atoms with Crippen molar-refractivity contribution in [1.29, 1.82) is 0 Å². The lowest BCUT2D eigenvalue weighted by Gasteiger charge is -2.41. The number of ether oxygens (including phenoxy) is 2. The summed E-state index contributed by atoms with van der Waals surface area (Å²) >= 11 is 0. The van der Waals surface area contributed by atoms with Crippen LogP contribution in [0.25, 0.3) is 11.5 Å². The first-order valence-corrected chi connectivity index (χ1v) is 13.4. The van der Waals surface area contributed by atoms with E-state index in [2.05, 4.69) is 48.0 Å². The van der Waals surface area contributed by atoms with Gasteiger partial charge in [-0.25, -0.2) is 4.98 Å². The van der Waals surface area contributed by atoms with Crippen LogP contribution in [0.3, 0.4) is 0 Å². The average Bonchev–Trinajstić information content (AvgIpc) is 3.23. The van der Waals surface area contributed by atoms with Crippen LogP contribution in [0.15, 0.2) is 46.9 Å². The summed E-state index contributed by atoms with van der Waals surface area (Å²) in [5.41, 5.74) is 3.70. The highest BCUT2D eigenvalue weighted by molar-refractivity contribution is 7.84. The van der Waals surface area contributed by atoms with Gasteiger partial charge in [0.05, 0.1) is 25.7 Å². The van der Waals surface area contributed by atoms with Crippen LogP contribution in [0.1, 0.15) is 23.9 Å². The van der Waals surface area contributed by atoms with Crippen LogP contribution in [0, 0.1) is 13.8 Å². The van der Waals surface area contributed by atoms with Crippen molar-refractivity contribution in [3.8, 4) is 23.0 Å². The Morgan fingerprint density at radius 2 is 1.89 bits per heavy atom. The lowest BCUT2D eigenvalue weighted by Crippen LogP contribution is -2.54. The number of anilines is 1. The van der Waals surface area contributed by atoms with E-state index >= 15 is 0 Å². The van der Waals surface area contributed by atoms with Crippen LogP contribution in [0.5, 0.6) is 11.5 Å². The molecule has 0 aliphatic carbocycles. The van der Waals surface area contributed by atoms with Gasteiger partial charge in [0, 0.05) is 47.7 Å². The number of aryl methyl sites for hydroxylation is 2. The maximum Gasteiger partial charge on any atom is 0.235 e. The van der Waals surface area contributed by atoms with Crippen LogP contribution >= 0.6 is 0 Å². The number of aromatic nitrogens is 1. The van der Waals surface area contributed by atoms with E-state index in [1.165, 1.54) is 11.3 Å². The molecule has 4 rings (SSSR count). The number of oxazole rings is 1. The summed E-state index contributed by atoms with van der Waals surface area (Å²) in [6.07, 6.45) is 0. The number of piperazine rings is 1. The summed E-state index contributed by atoms with van der Waals surface area (Å²) in [7, 11) is 1.74. The predicted octanol–water partition coefficient (Wildman–Crippen LogP) is 3.96. The second-order valence-electron chi connectivity index (χ2n) is 9.04. The molecule has 0 saturated carbocycles. The number of amides is 1. The molecule has 0 radical (unpaired) electrons. The third-order valence-electron chi connectivity index (χ3n) is 6.42. The first kappa shape index (κ1) is 25.8. The zero-order valence-electron chi connectivity index (χ0n) is 21.4. The summed E-state index contributed by atoms with van der Waals surface area (Å²) in [4.78, 5) is 21.6. The van der Waals surface area contributed by atoms with Gasteiger partial charge in [0.25, 0.3) is 0 Å². The molecule has 2 heterocycles. The van der Waals surface area contributed by atoms with Crippen molar-refractivity contribution in [2.45, 2.75) is 32.6 Å². The smallest absolute Gasteiger partial charge is 0.235 e. The SMILES string of the molecule is COc1ccc(-c2nc(C[S@@](=O)CC(=O)N3CCN(c4cccc(C)c4)[C@H](C)C3)c(C)o2)cc1OC. The van der Waals surface area contributed by atoms with Crippen molar-refractivity contribution >= 4 is 22.4 Å². The molecule has 1 amide bonds. The molecule has 3 aromatic rings. The summed E-state index contributed by atoms with van der Waals surface area (Å²) in [6, 6.07) is 14.0. The molecule has 1 aliphatic heterocycles. The number of carbonyl (C=O) groups is 1. The lowest BCUT2D eigenvalue weighted by atomic mass is 10.1. The monoisotopic (exact) mass is 511 g/mol. The normalized spacial score (nSPS) is 16.6. The molecule has 1 aromatic heterocycles. The van der Waals surface area contributed by atoms with E-state index in [0.717, 1.165) is 12.1 Å². The maximum atomic E-state index is 12.9. The van der Waals surface area contributed by atoms with Gasteiger partial charge in [0.2, 0.25) is 11.8 Å². The Kier molecular flexibility index (Phi) is 7.98. The largest absolute Gasteiger partial charge is 0.493 e. The molecule has 36 heavy (non-hydrogen) atoms. The Morgan fingerprint density at radius 3 is 2.58 bits per heavy atom. The van der Waals surface area contributed by atoms with Gasteiger partial charge in [0.1, 0.15) is 11.5 Å². The van der Waals surface area contributed by atoms with E-state index < -0.39 is 10.8 Å². The van der Waals surface area contributed by atoms with Gasteiger partial charge in [-0.05, 0) is 56.7 Å². The number of methoxy groups -OCH3 is 2. The molecular formula is C27H33N3O5S. The molecule has 0 spiro atoms. The third-order valence-corrected chi connectivity index (χ3v) is 7.58. The molecule has 8 nitrogen and oxygen atoms in total. The van der Waals surface area contributed by atoms with E-state index in [4.69, 9.17) is 13.9 Å². The molecular weight excluding hydrogens is 478 g/mol. The number of nitrogens with zero attached hydrogens (tertiary/aromatic N) is 3. The zero-order valence-corrected chi connectivity index (χ0v) is 22.3. The zero-order chi connectivity index (χ0) is 25.8. The summed E-state index contributed by atoms with van der Waals surface area (Å²) < 4.78 is 29.4. The Labute approximate surface area is 214 Å². The topological polar surface area (TPSA) is 85.1 Å². The highest BCUT2D eigenvalue weighted by Crippen LogP contribution is 2.32. The third kappa shape index (κ3) is 5.73. The van der Waals surface area contributed by atoms with E-state index in [9.17, 15) is 9.00 Å².